The molecule has 1 heterocycles. The van der Waals surface area contributed by atoms with Crippen molar-refractivity contribution in [2.75, 3.05) is 24.3 Å². The van der Waals surface area contributed by atoms with Gasteiger partial charge in [-0.1, -0.05) is 48.6 Å². The van der Waals surface area contributed by atoms with Crippen LogP contribution in [0.2, 0.25) is 0 Å². The van der Waals surface area contributed by atoms with E-state index in [0.717, 1.165) is 12.7 Å². The molecule has 0 aliphatic carbocycles. The van der Waals surface area contributed by atoms with Gasteiger partial charge in [-0.15, -0.1) is 0 Å². The average Bonchev–Trinajstić information content (AvgIpc) is 2.79. The van der Waals surface area contributed by atoms with Crippen LogP contribution in [-0.4, -0.2) is 48.2 Å². The third-order valence-corrected chi connectivity index (χ3v) is 5.88. The summed E-state index contributed by atoms with van der Waals surface area (Å²) in [6, 6.07) is 14.6. The van der Waals surface area contributed by atoms with Crippen LogP contribution in [0.3, 0.4) is 0 Å². The maximum absolute atomic E-state index is 12.4. The van der Waals surface area contributed by atoms with Crippen LogP contribution in [-0.2, 0) is 20.7 Å². The Morgan fingerprint density at radius 2 is 1.82 bits per heavy atom. The van der Waals surface area contributed by atoms with Gasteiger partial charge in [-0.25, -0.2) is 0 Å². The molecule has 33 heavy (non-hydrogen) atoms. The van der Waals surface area contributed by atoms with Crippen LogP contribution in [0.4, 0.5) is 17.6 Å². The van der Waals surface area contributed by atoms with Gasteiger partial charge in [0.25, 0.3) is 10.1 Å². The number of nitrogens with zero attached hydrogens (tertiary/aromatic N) is 3. The highest BCUT2D eigenvalue weighted by atomic mass is 32.2. The van der Waals surface area contributed by atoms with E-state index in [-0.39, 0.29) is 17.4 Å². The Labute approximate surface area is 193 Å². The van der Waals surface area contributed by atoms with Gasteiger partial charge in [0, 0.05) is 18.7 Å². The highest BCUT2D eigenvalue weighted by molar-refractivity contribution is 7.86. The first-order valence-corrected chi connectivity index (χ1v) is 11.8. The summed E-state index contributed by atoms with van der Waals surface area (Å²) in [5.41, 5.74) is 2.00. The fraction of sp³-hybridized carbons (Fsp3) is 0.261. The third kappa shape index (κ3) is 6.82. The fourth-order valence-electron chi connectivity index (χ4n) is 3.02. The topological polar surface area (TPSA) is 126 Å². The van der Waals surface area contributed by atoms with Crippen molar-refractivity contribution in [2.45, 2.75) is 31.3 Å². The summed E-state index contributed by atoms with van der Waals surface area (Å²) in [7, 11) is -2.80. The molecule has 0 bridgehead atoms. The number of benzene rings is 2. The molecule has 1 atom stereocenters. The molecular weight excluding hydrogens is 442 g/mol. The first-order valence-electron chi connectivity index (χ1n) is 10.4. The van der Waals surface area contributed by atoms with Crippen LogP contribution in [0.5, 0.6) is 0 Å². The number of hydrogen-bond acceptors (Lipinski definition) is 9. The minimum absolute atomic E-state index is 0.0270. The molecule has 1 unspecified atom stereocenters. The summed E-state index contributed by atoms with van der Waals surface area (Å²) in [6.45, 7) is 3.72. The minimum atomic E-state index is -3.93. The van der Waals surface area contributed by atoms with Crippen molar-refractivity contribution in [1.82, 2.24) is 15.0 Å². The molecule has 9 nitrogen and oxygen atoms in total. The summed E-state index contributed by atoms with van der Waals surface area (Å²) in [6.07, 6.45) is 3.33. The predicted octanol–water partition coefficient (Wildman–Crippen LogP) is 3.37. The molecule has 1 aromatic heterocycles. The first kappa shape index (κ1) is 24.3. The van der Waals surface area contributed by atoms with Gasteiger partial charge >= 0.3 is 0 Å². The predicted molar refractivity (Wildman–Crippen MR) is 128 cm³/mol. The number of allylic oxidation sites excluding steroid dienone is 1. The Kier molecular flexibility index (Phi) is 8.10. The Morgan fingerprint density at radius 1 is 1.09 bits per heavy atom. The number of nitrogens with one attached hydrogen (secondary N) is 2. The van der Waals surface area contributed by atoms with Gasteiger partial charge < -0.3 is 15.7 Å². The van der Waals surface area contributed by atoms with E-state index in [4.69, 9.17) is 4.18 Å². The molecule has 0 radical (unpaired) electrons. The molecule has 10 heteroatoms. The smallest absolute Gasteiger partial charge is 0.297 e. The van der Waals surface area contributed by atoms with E-state index < -0.39 is 16.2 Å². The van der Waals surface area contributed by atoms with E-state index >= 15 is 0 Å². The van der Waals surface area contributed by atoms with Crippen LogP contribution in [0.1, 0.15) is 30.8 Å². The van der Waals surface area contributed by atoms with Crippen molar-refractivity contribution < 1.29 is 17.7 Å². The van der Waals surface area contributed by atoms with Crippen LogP contribution in [0.15, 0.2) is 59.5 Å². The lowest BCUT2D eigenvalue weighted by molar-refractivity contribution is 0.208. The van der Waals surface area contributed by atoms with Gasteiger partial charge in [-0.3, -0.25) is 4.18 Å². The second-order valence-electron chi connectivity index (χ2n) is 7.29. The monoisotopic (exact) mass is 469 g/mol. The van der Waals surface area contributed by atoms with Crippen LogP contribution >= 0.6 is 0 Å². The molecule has 0 saturated carbocycles. The lowest BCUT2D eigenvalue weighted by atomic mass is 10.1. The number of hydrogen-bond donors (Lipinski definition) is 3. The molecule has 3 rings (SSSR count). The lowest BCUT2D eigenvalue weighted by Crippen LogP contribution is -2.18. The highest BCUT2D eigenvalue weighted by Crippen LogP contribution is 2.25. The Hall–Kier alpha value is -3.34. The molecule has 0 amide bonds. The number of anilines is 3. The van der Waals surface area contributed by atoms with E-state index in [1.54, 1.807) is 38.1 Å². The zero-order valence-corrected chi connectivity index (χ0v) is 19.5. The van der Waals surface area contributed by atoms with Crippen LogP contribution in [0, 0.1) is 0 Å². The summed E-state index contributed by atoms with van der Waals surface area (Å²) in [4.78, 5) is 13.3. The molecular formula is C23H27N5O4S. The zero-order chi connectivity index (χ0) is 23.8. The molecule has 0 aliphatic heterocycles. The van der Waals surface area contributed by atoms with Gasteiger partial charge in [0.1, 0.15) is 10.7 Å². The van der Waals surface area contributed by atoms with Gasteiger partial charge in [0.15, 0.2) is 0 Å². The Balaban J connectivity index is 1.96. The average molecular weight is 470 g/mol. The summed E-state index contributed by atoms with van der Waals surface area (Å²) in [5.74, 6) is 1.06. The maximum atomic E-state index is 12.4. The Bertz CT molecular complexity index is 1210. The molecule has 2 aromatic carbocycles. The van der Waals surface area contributed by atoms with Crippen molar-refractivity contribution in [3.63, 3.8) is 0 Å². The summed E-state index contributed by atoms with van der Waals surface area (Å²) in [5, 5.41) is 15.6. The molecule has 0 spiro atoms. The minimum Gasteiger partial charge on any atom is -0.392 e. The van der Waals surface area contributed by atoms with Crippen molar-refractivity contribution >= 4 is 33.8 Å². The number of aliphatic hydroxyl groups is 1. The SMILES string of the molecule is C/C=C/c1ccc(Nc2nc(Cc3ccccc3)nc(NCC(C)O)n2)cc1S(=O)(=O)OC. The molecule has 0 aliphatic rings. The summed E-state index contributed by atoms with van der Waals surface area (Å²) >= 11 is 0. The zero-order valence-electron chi connectivity index (χ0n) is 18.7. The van der Waals surface area contributed by atoms with E-state index in [9.17, 15) is 13.5 Å². The standard InChI is InChI=1S/C23H27N5O4S/c1-4-8-18-11-12-19(14-20(18)33(30,31)32-3)25-23-27-21(13-17-9-6-5-7-10-17)26-22(28-23)24-15-16(2)29/h4-12,14,16,29H,13,15H2,1-3H3,(H2,24,25,26,27,28)/b8-4+. The second-order valence-corrected chi connectivity index (χ2v) is 8.97. The van der Waals surface area contributed by atoms with Crippen LogP contribution < -0.4 is 10.6 Å². The largest absolute Gasteiger partial charge is 0.392 e. The number of aliphatic hydroxyl groups excluding tert-OH is 1. The second kappa shape index (κ2) is 11.0. The van der Waals surface area contributed by atoms with E-state index in [2.05, 4.69) is 25.6 Å². The van der Waals surface area contributed by atoms with Crippen molar-refractivity contribution in [1.29, 1.82) is 0 Å². The number of rotatable bonds is 10. The Morgan fingerprint density at radius 3 is 2.48 bits per heavy atom. The van der Waals surface area contributed by atoms with E-state index in [1.807, 2.05) is 30.3 Å². The van der Waals surface area contributed by atoms with Crippen LogP contribution in [0.25, 0.3) is 6.08 Å². The van der Waals surface area contributed by atoms with Crippen molar-refractivity contribution in [3.05, 3.63) is 71.6 Å². The summed E-state index contributed by atoms with van der Waals surface area (Å²) < 4.78 is 29.5. The molecule has 174 valence electrons. The first-order chi connectivity index (χ1) is 15.8. The van der Waals surface area contributed by atoms with E-state index in [0.29, 0.717) is 29.4 Å². The lowest BCUT2D eigenvalue weighted by Gasteiger charge is -2.13. The van der Waals surface area contributed by atoms with Gasteiger partial charge in [-0.05, 0) is 37.1 Å². The van der Waals surface area contributed by atoms with Crippen molar-refractivity contribution in [3.8, 4) is 0 Å². The maximum Gasteiger partial charge on any atom is 0.297 e. The quantitative estimate of drug-likeness (QED) is 0.383. The van der Waals surface area contributed by atoms with E-state index in [1.165, 1.54) is 6.07 Å². The third-order valence-electron chi connectivity index (χ3n) is 4.55. The van der Waals surface area contributed by atoms with Crippen molar-refractivity contribution in [2.24, 2.45) is 0 Å². The van der Waals surface area contributed by atoms with Gasteiger partial charge in [-0.2, -0.15) is 23.4 Å². The molecule has 0 fully saturated rings. The normalized spacial score (nSPS) is 12.6. The molecule has 3 N–H and O–H groups in total. The molecule has 0 saturated heterocycles. The fourth-order valence-corrected chi connectivity index (χ4v) is 3.89. The molecule has 3 aromatic rings. The highest BCUT2D eigenvalue weighted by Gasteiger charge is 2.18. The number of aromatic nitrogens is 3. The van der Waals surface area contributed by atoms with Gasteiger partial charge in [0.2, 0.25) is 11.9 Å². The van der Waals surface area contributed by atoms with Gasteiger partial charge in [0.05, 0.1) is 13.2 Å².